The van der Waals surface area contributed by atoms with Crippen molar-refractivity contribution in [3.8, 4) is 0 Å². The van der Waals surface area contributed by atoms with E-state index >= 15 is 0 Å². The van der Waals surface area contributed by atoms with E-state index in [1.807, 2.05) is 0 Å². The largest absolute Gasteiger partial charge is 0.466 e. The summed E-state index contributed by atoms with van der Waals surface area (Å²) in [4.78, 5) is 10.9. The van der Waals surface area contributed by atoms with Crippen molar-refractivity contribution in [1.82, 2.24) is 0 Å². The van der Waals surface area contributed by atoms with E-state index in [1.165, 1.54) is 0 Å². The van der Waals surface area contributed by atoms with Gasteiger partial charge < -0.3 is 9.84 Å². The molecule has 0 atom stereocenters. The van der Waals surface area contributed by atoms with Gasteiger partial charge in [-0.05, 0) is 26.2 Å². The smallest absolute Gasteiger partial charge is 0.308 e. The normalized spacial score (nSPS) is 20.5. The Hall–Kier alpha value is -0.570. The van der Waals surface area contributed by atoms with Crippen LogP contribution in [0.5, 0.6) is 0 Å². The van der Waals surface area contributed by atoms with E-state index < -0.39 is 5.60 Å². The Labute approximate surface area is 66.4 Å². The van der Waals surface area contributed by atoms with Gasteiger partial charge in [-0.1, -0.05) is 0 Å². The summed E-state index contributed by atoms with van der Waals surface area (Å²) >= 11 is 0. The molecular formula is C8H14O3. The van der Waals surface area contributed by atoms with Gasteiger partial charge in [-0.3, -0.25) is 4.79 Å². The number of hydrogen-bond acceptors (Lipinski definition) is 3. The fourth-order valence-electron chi connectivity index (χ4n) is 1.24. The van der Waals surface area contributed by atoms with Gasteiger partial charge in [0.05, 0.1) is 18.6 Å². The van der Waals surface area contributed by atoms with Gasteiger partial charge in [-0.25, -0.2) is 0 Å². The molecule has 11 heavy (non-hydrogen) atoms. The van der Waals surface area contributed by atoms with E-state index in [0.717, 1.165) is 19.3 Å². The molecule has 0 bridgehead atoms. The van der Waals surface area contributed by atoms with Crippen molar-refractivity contribution in [2.24, 2.45) is 0 Å². The molecule has 0 aromatic rings. The van der Waals surface area contributed by atoms with Gasteiger partial charge in [0.2, 0.25) is 0 Å². The average molecular weight is 158 g/mol. The van der Waals surface area contributed by atoms with Crippen molar-refractivity contribution in [2.75, 3.05) is 6.61 Å². The maximum Gasteiger partial charge on any atom is 0.308 e. The van der Waals surface area contributed by atoms with Crippen LogP contribution in [0.1, 0.15) is 32.6 Å². The summed E-state index contributed by atoms with van der Waals surface area (Å²) in [6.07, 6.45) is 2.67. The Morgan fingerprint density at radius 1 is 1.64 bits per heavy atom. The fourth-order valence-corrected chi connectivity index (χ4v) is 1.24. The highest BCUT2D eigenvalue weighted by Gasteiger charge is 2.36. The van der Waals surface area contributed by atoms with Gasteiger partial charge in [0, 0.05) is 0 Å². The summed E-state index contributed by atoms with van der Waals surface area (Å²) in [5.74, 6) is -0.283. The second kappa shape index (κ2) is 3.22. The molecule has 64 valence electrons. The Balaban J connectivity index is 2.23. The number of ether oxygens (including phenoxy) is 1. The molecule has 3 heteroatoms. The second-order valence-electron chi connectivity index (χ2n) is 3.06. The van der Waals surface area contributed by atoms with E-state index in [1.54, 1.807) is 6.92 Å². The fraction of sp³-hybridized carbons (Fsp3) is 0.875. The Bertz CT molecular complexity index is 149. The van der Waals surface area contributed by atoms with Gasteiger partial charge >= 0.3 is 5.97 Å². The molecule has 0 amide bonds. The van der Waals surface area contributed by atoms with E-state index in [4.69, 9.17) is 4.74 Å². The minimum atomic E-state index is -0.730. The molecule has 1 aliphatic rings. The Morgan fingerprint density at radius 3 is 2.64 bits per heavy atom. The third-order valence-corrected chi connectivity index (χ3v) is 2.06. The standard InChI is InChI=1S/C8H14O3/c1-2-11-7(9)6-8(10)4-3-5-8/h10H,2-6H2,1H3. The van der Waals surface area contributed by atoms with Crippen LogP contribution >= 0.6 is 0 Å². The third-order valence-electron chi connectivity index (χ3n) is 2.06. The first-order chi connectivity index (χ1) is 5.16. The van der Waals surface area contributed by atoms with Gasteiger partial charge in [-0.2, -0.15) is 0 Å². The zero-order valence-corrected chi connectivity index (χ0v) is 6.80. The predicted octanol–water partition coefficient (Wildman–Crippen LogP) is 0.855. The molecule has 0 radical (unpaired) electrons. The molecule has 1 N–H and O–H groups in total. The molecule has 1 rings (SSSR count). The van der Waals surface area contributed by atoms with Crippen LogP contribution in [0.4, 0.5) is 0 Å². The van der Waals surface area contributed by atoms with Crippen molar-refractivity contribution >= 4 is 5.97 Å². The van der Waals surface area contributed by atoms with Crippen LogP contribution in [0, 0.1) is 0 Å². The first-order valence-electron chi connectivity index (χ1n) is 4.04. The van der Waals surface area contributed by atoms with Crippen LogP contribution in [0.2, 0.25) is 0 Å². The van der Waals surface area contributed by atoms with Crippen LogP contribution in [0.15, 0.2) is 0 Å². The number of hydrogen-bond donors (Lipinski definition) is 1. The quantitative estimate of drug-likeness (QED) is 0.619. The zero-order chi connectivity index (χ0) is 8.32. The monoisotopic (exact) mass is 158 g/mol. The van der Waals surface area contributed by atoms with Crippen LogP contribution in [0.25, 0.3) is 0 Å². The number of aliphatic hydroxyl groups is 1. The maximum atomic E-state index is 10.9. The lowest BCUT2D eigenvalue weighted by Gasteiger charge is -2.35. The second-order valence-corrected chi connectivity index (χ2v) is 3.06. The number of carbonyl (C=O) groups excluding carboxylic acids is 1. The molecule has 1 fully saturated rings. The van der Waals surface area contributed by atoms with Crippen LogP contribution in [0.3, 0.4) is 0 Å². The summed E-state index contributed by atoms with van der Waals surface area (Å²) in [6.45, 7) is 2.16. The SMILES string of the molecule is CCOC(=O)CC1(O)CCC1. The first-order valence-corrected chi connectivity index (χ1v) is 4.04. The van der Waals surface area contributed by atoms with Crippen molar-refractivity contribution in [3.05, 3.63) is 0 Å². The van der Waals surface area contributed by atoms with E-state index in [-0.39, 0.29) is 12.4 Å². The van der Waals surface area contributed by atoms with Gasteiger partial charge in [0.25, 0.3) is 0 Å². The minimum Gasteiger partial charge on any atom is -0.466 e. The topological polar surface area (TPSA) is 46.5 Å². The van der Waals surface area contributed by atoms with Gasteiger partial charge in [0.1, 0.15) is 0 Å². The highest BCUT2D eigenvalue weighted by Crippen LogP contribution is 2.34. The molecule has 0 aliphatic heterocycles. The van der Waals surface area contributed by atoms with Crippen molar-refractivity contribution in [3.63, 3.8) is 0 Å². The summed E-state index contributed by atoms with van der Waals surface area (Å²) in [5, 5.41) is 9.51. The molecule has 1 aliphatic carbocycles. The van der Waals surface area contributed by atoms with E-state index in [0.29, 0.717) is 6.61 Å². The number of carbonyl (C=O) groups is 1. The van der Waals surface area contributed by atoms with E-state index in [9.17, 15) is 9.90 Å². The van der Waals surface area contributed by atoms with Gasteiger partial charge in [0.15, 0.2) is 0 Å². The highest BCUT2D eigenvalue weighted by atomic mass is 16.5. The summed E-state index contributed by atoms with van der Waals surface area (Å²) in [7, 11) is 0. The molecular weight excluding hydrogens is 144 g/mol. The molecule has 0 aromatic heterocycles. The minimum absolute atomic E-state index is 0.167. The lowest BCUT2D eigenvalue weighted by Crippen LogP contribution is -2.39. The van der Waals surface area contributed by atoms with Crippen LogP contribution < -0.4 is 0 Å². The summed E-state index contributed by atoms with van der Waals surface area (Å²) < 4.78 is 4.71. The Kier molecular flexibility index (Phi) is 2.49. The molecule has 0 spiro atoms. The van der Waals surface area contributed by atoms with Crippen molar-refractivity contribution < 1.29 is 14.6 Å². The summed E-state index contributed by atoms with van der Waals surface area (Å²) in [6, 6.07) is 0. The predicted molar refractivity (Wildman–Crippen MR) is 40.1 cm³/mol. The summed E-state index contributed by atoms with van der Waals surface area (Å²) in [5.41, 5.74) is -0.730. The van der Waals surface area contributed by atoms with Crippen molar-refractivity contribution in [2.45, 2.75) is 38.2 Å². The third kappa shape index (κ3) is 2.19. The molecule has 1 saturated carbocycles. The molecule has 3 nitrogen and oxygen atoms in total. The molecule has 0 unspecified atom stereocenters. The van der Waals surface area contributed by atoms with Crippen LogP contribution in [-0.4, -0.2) is 23.3 Å². The lowest BCUT2D eigenvalue weighted by atomic mass is 9.78. The lowest BCUT2D eigenvalue weighted by molar-refractivity contribution is -0.152. The first kappa shape index (κ1) is 8.53. The molecule has 0 aromatic carbocycles. The average Bonchev–Trinajstić information content (AvgIpc) is 1.85. The molecule has 0 heterocycles. The van der Waals surface area contributed by atoms with E-state index in [2.05, 4.69) is 0 Å². The number of rotatable bonds is 3. The highest BCUT2D eigenvalue weighted by molar-refractivity contribution is 5.70. The molecule has 0 saturated heterocycles. The van der Waals surface area contributed by atoms with Gasteiger partial charge in [-0.15, -0.1) is 0 Å². The van der Waals surface area contributed by atoms with Crippen molar-refractivity contribution in [1.29, 1.82) is 0 Å². The zero-order valence-electron chi connectivity index (χ0n) is 6.80. The van der Waals surface area contributed by atoms with Crippen LogP contribution in [-0.2, 0) is 9.53 Å². The maximum absolute atomic E-state index is 10.9. The Morgan fingerprint density at radius 2 is 2.27 bits per heavy atom. The number of esters is 1.